The monoisotopic (exact) mass is 196 g/mol. The van der Waals surface area contributed by atoms with Crippen molar-refractivity contribution in [1.29, 1.82) is 0 Å². The van der Waals surface area contributed by atoms with Crippen LogP contribution < -0.4 is 5.32 Å². The van der Waals surface area contributed by atoms with Gasteiger partial charge in [0.1, 0.15) is 12.2 Å². The van der Waals surface area contributed by atoms with Crippen LogP contribution in [0.3, 0.4) is 0 Å². The van der Waals surface area contributed by atoms with Crippen molar-refractivity contribution in [3.63, 3.8) is 0 Å². The molecule has 1 heterocycles. The van der Waals surface area contributed by atoms with Crippen molar-refractivity contribution in [1.82, 2.24) is 20.1 Å². The maximum Gasteiger partial charge on any atom is 0.154 e. The van der Waals surface area contributed by atoms with E-state index in [-0.39, 0.29) is 5.78 Å². The molecular formula is C9H16N4O. The van der Waals surface area contributed by atoms with E-state index in [0.717, 1.165) is 0 Å². The van der Waals surface area contributed by atoms with Crippen LogP contribution in [-0.2, 0) is 18.3 Å². The minimum absolute atomic E-state index is 0.134. The lowest BCUT2D eigenvalue weighted by molar-refractivity contribution is -0.117. The number of nitrogens with one attached hydrogen (secondary N) is 1. The van der Waals surface area contributed by atoms with Gasteiger partial charge in [0.2, 0.25) is 0 Å². The van der Waals surface area contributed by atoms with Crippen LogP contribution in [0.1, 0.15) is 19.7 Å². The van der Waals surface area contributed by atoms with Gasteiger partial charge in [-0.15, -0.1) is 0 Å². The van der Waals surface area contributed by atoms with Crippen LogP contribution in [0.4, 0.5) is 0 Å². The summed E-state index contributed by atoms with van der Waals surface area (Å²) in [5.41, 5.74) is 0. The third kappa shape index (κ3) is 3.26. The van der Waals surface area contributed by atoms with Gasteiger partial charge >= 0.3 is 0 Å². The normalized spacial score (nSPS) is 10.9. The first-order valence-corrected chi connectivity index (χ1v) is 4.67. The smallest absolute Gasteiger partial charge is 0.154 e. The fraction of sp³-hybridized carbons (Fsp3) is 0.667. The Hall–Kier alpha value is -1.23. The fourth-order valence-corrected chi connectivity index (χ4v) is 1.04. The third-order valence-electron chi connectivity index (χ3n) is 1.87. The Bertz CT molecular complexity index is 306. The lowest BCUT2D eigenvalue weighted by Gasteiger charge is -2.06. The SMILES string of the molecule is CC(C)NCC(=O)Cc1ncnn1C. The number of aryl methyl sites for hydroxylation is 1. The van der Waals surface area contributed by atoms with Crippen LogP contribution in [0.2, 0.25) is 0 Å². The second kappa shape index (κ2) is 4.85. The molecule has 78 valence electrons. The molecule has 1 aromatic heterocycles. The summed E-state index contributed by atoms with van der Waals surface area (Å²) < 4.78 is 1.62. The van der Waals surface area contributed by atoms with E-state index < -0.39 is 0 Å². The van der Waals surface area contributed by atoms with Crippen LogP contribution in [0, 0.1) is 0 Å². The number of aromatic nitrogens is 3. The highest BCUT2D eigenvalue weighted by atomic mass is 16.1. The Labute approximate surface area is 83.5 Å². The number of hydrogen-bond donors (Lipinski definition) is 1. The van der Waals surface area contributed by atoms with E-state index in [1.54, 1.807) is 11.7 Å². The average molecular weight is 196 g/mol. The van der Waals surface area contributed by atoms with Crippen LogP contribution in [0.5, 0.6) is 0 Å². The van der Waals surface area contributed by atoms with Gasteiger partial charge in [-0.3, -0.25) is 9.48 Å². The Balaban J connectivity index is 2.38. The standard InChI is InChI=1S/C9H16N4O/c1-7(2)10-5-8(14)4-9-11-6-12-13(9)3/h6-7,10H,4-5H2,1-3H3. The summed E-state index contributed by atoms with van der Waals surface area (Å²) in [6, 6.07) is 0.332. The molecule has 1 rings (SSSR count). The van der Waals surface area contributed by atoms with Gasteiger partial charge in [0.05, 0.1) is 13.0 Å². The summed E-state index contributed by atoms with van der Waals surface area (Å²) in [6.07, 6.45) is 1.80. The molecule has 0 aliphatic rings. The molecule has 0 saturated carbocycles. The summed E-state index contributed by atoms with van der Waals surface area (Å²) in [7, 11) is 1.78. The Morgan fingerprint density at radius 1 is 1.64 bits per heavy atom. The molecule has 0 saturated heterocycles. The minimum atomic E-state index is 0.134. The van der Waals surface area contributed by atoms with Gasteiger partial charge in [0.25, 0.3) is 0 Å². The maximum absolute atomic E-state index is 11.4. The zero-order valence-electron chi connectivity index (χ0n) is 8.82. The predicted octanol–water partition coefficient (Wildman–Crippen LogP) is -0.0753. The van der Waals surface area contributed by atoms with Gasteiger partial charge in [0.15, 0.2) is 5.78 Å². The molecule has 0 aromatic carbocycles. The van der Waals surface area contributed by atoms with Crippen LogP contribution in [0.25, 0.3) is 0 Å². The number of ketones is 1. The molecule has 0 spiro atoms. The molecule has 0 unspecified atom stereocenters. The highest BCUT2D eigenvalue weighted by molar-refractivity contribution is 5.82. The van der Waals surface area contributed by atoms with E-state index in [0.29, 0.717) is 24.8 Å². The number of rotatable bonds is 5. The molecule has 0 atom stereocenters. The van der Waals surface area contributed by atoms with Crippen molar-refractivity contribution in [2.45, 2.75) is 26.3 Å². The zero-order valence-corrected chi connectivity index (χ0v) is 8.82. The first-order chi connectivity index (χ1) is 6.59. The minimum Gasteiger partial charge on any atom is -0.308 e. The lowest BCUT2D eigenvalue weighted by Crippen LogP contribution is -2.30. The molecule has 0 fully saturated rings. The number of carbonyl (C=O) groups is 1. The molecule has 14 heavy (non-hydrogen) atoms. The van der Waals surface area contributed by atoms with E-state index in [2.05, 4.69) is 15.4 Å². The Morgan fingerprint density at radius 3 is 2.86 bits per heavy atom. The first-order valence-electron chi connectivity index (χ1n) is 4.67. The first kappa shape index (κ1) is 10.8. The summed E-state index contributed by atoms with van der Waals surface area (Å²) in [5, 5.41) is 6.97. The average Bonchev–Trinajstić information content (AvgIpc) is 2.49. The lowest BCUT2D eigenvalue weighted by atomic mass is 10.2. The molecule has 5 heteroatoms. The van der Waals surface area contributed by atoms with Gasteiger partial charge in [-0.25, -0.2) is 4.98 Å². The highest BCUT2D eigenvalue weighted by Gasteiger charge is 2.08. The second-order valence-electron chi connectivity index (χ2n) is 3.55. The van der Waals surface area contributed by atoms with Crippen LogP contribution in [-0.4, -0.2) is 33.1 Å². The molecular weight excluding hydrogens is 180 g/mol. The van der Waals surface area contributed by atoms with Crippen molar-refractivity contribution in [2.75, 3.05) is 6.54 Å². The molecule has 0 amide bonds. The summed E-state index contributed by atoms with van der Waals surface area (Å²) in [5.74, 6) is 0.843. The van der Waals surface area contributed by atoms with Crippen molar-refractivity contribution in [3.05, 3.63) is 12.2 Å². The van der Waals surface area contributed by atoms with Gasteiger partial charge < -0.3 is 5.32 Å². The van der Waals surface area contributed by atoms with E-state index in [1.165, 1.54) is 6.33 Å². The van der Waals surface area contributed by atoms with E-state index in [1.807, 2.05) is 13.8 Å². The van der Waals surface area contributed by atoms with Gasteiger partial charge in [-0.05, 0) is 0 Å². The number of carbonyl (C=O) groups excluding carboxylic acids is 1. The van der Waals surface area contributed by atoms with Crippen molar-refractivity contribution in [3.8, 4) is 0 Å². The van der Waals surface area contributed by atoms with Crippen LogP contribution in [0.15, 0.2) is 6.33 Å². The Morgan fingerprint density at radius 2 is 2.36 bits per heavy atom. The second-order valence-corrected chi connectivity index (χ2v) is 3.55. The van der Waals surface area contributed by atoms with E-state index >= 15 is 0 Å². The molecule has 0 aliphatic heterocycles. The number of Topliss-reactive ketones (excluding diaryl/α,β-unsaturated/α-hetero) is 1. The summed E-state index contributed by atoms with van der Waals surface area (Å²) >= 11 is 0. The molecule has 0 bridgehead atoms. The number of hydrogen-bond acceptors (Lipinski definition) is 4. The zero-order chi connectivity index (χ0) is 10.6. The molecule has 0 aliphatic carbocycles. The van der Waals surface area contributed by atoms with Crippen molar-refractivity contribution < 1.29 is 4.79 Å². The molecule has 5 nitrogen and oxygen atoms in total. The van der Waals surface area contributed by atoms with Gasteiger partial charge in [-0.2, -0.15) is 5.10 Å². The van der Waals surface area contributed by atoms with Gasteiger partial charge in [-0.1, -0.05) is 13.8 Å². The summed E-state index contributed by atoms with van der Waals surface area (Å²) in [6.45, 7) is 4.41. The predicted molar refractivity (Wildman–Crippen MR) is 52.9 cm³/mol. The molecule has 1 aromatic rings. The molecule has 0 radical (unpaired) electrons. The Kier molecular flexibility index (Phi) is 3.76. The van der Waals surface area contributed by atoms with E-state index in [9.17, 15) is 4.79 Å². The summed E-state index contributed by atoms with van der Waals surface area (Å²) in [4.78, 5) is 15.4. The van der Waals surface area contributed by atoms with Crippen molar-refractivity contribution in [2.24, 2.45) is 7.05 Å². The largest absolute Gasteiger partial charge is 0.308 e. The fourth-order valence-electron chi connectivity index (χ4n) is 1.04. The quantitative estimate of drug-likeness (QED) is 0.716. The van der Waals surface area contributed by atoms with Crippen LogP contribution >= 0.6 is 0 Å². The third-order valence-corrected chi connectivity index (χ3v) is 1.87. The molecule has 1 N–H and O–H groups in total. The maximum atomic E-state index is 11.4. The van der Waals surface area contributed by atoms with Gasteiger partial charge in [0, 0.05) is 13.1 Å². The highest BCUT2D eigenvalue weighted by Crippen LogP contribution is 1.93. The number of nitrogens with zero attached hydrogens (tertiary/aromatic N) is 3. The topological polar surface area (TPSA) is 59.8 Å². The van der Waals surface area contributed by atoms with E-state index in [4.69, 9.17) is 0 Å². The van der Waals surface area contributed by atoms with Crippen molar-refractivity contribution >= 4 is 5.78 Å².